The number of phenolic OH excluding ortho intramolecular Hbond substituents is 5. The zero-order chi connectivity index (χ0) is 47.7. The van der Waals surface area contributed by atoms with E-state index in [9.17, 15) is 81.4 Å². The summed E-state index contributed by atoms with van der Waals surface area (Å²) in [6.07, 6.45) is -25.7. The lowest BCUT2D eigenvalue weighted by molar-refractivity contribution is -0.364. The van der Waals surface area contributed by atoms with Crippen LogP contribution in [0.15, 0.2) is 60.4 Å². The number of ether oxygens (including phenoxy) is 8. The molecule has 4 aliphatic heterocycles. The van der Waals surface area contributed by atoms with Crippen LogP contribution in [-0.4, -0.2) is 195 Å². The van der Waals surface area contributed by atoms with Crippen molar-refractivity contribution in [1.82, 2.24) is 0 Å². The van der Waals surface area contributed by atoms with Gasteiger partial charge in [0.05, 0.1) is 18.8 Å². The van der Waals surface area contributed by atoms with Crippen molar-refractivity contribution < 1.29 is 119 Å². The monoisotopic (exact) mass is 936 g/mol. The van der Waals surface area contributed by atoms with Gasteiger partial charge in [-0.25, -0.2) is 4.79 Å². The number of rotatable bonds is 13. The van der Waals surface area contributed by atoms with Crippen LogP contribution in [-0.2, 0) is 33.2 Å². The lowest BCUT2D eigenvalue weighted by Gasteiger charge is -2.46. The van der Waals surface area contributed by atoms with E-state index < -0.39 is 153 Å². The molecule has 24 heteroatoms. The summed E-state index contributed by atoms with van der Waals surface area (Å²) in [4.78, 5) is 12.6. The molecule has 7 rings (SSSR count). The smallest absolute Gasteiger partial charge is 0.330 e. The second kappa shape index (κ2) is 20.1. The van der Waals surface area contributed by atoms with E-state index >= 15 is 0 Å². The molecule has 0 radical (unpaired) electrons. The summed E-state index contributed by atoms with van der Waals surface area (Å²) in [7, 11) is 0. The number of aliphatic hydroxyl groups is 10. The van der Waals surface area contributed by atoms with Crippen LogP contribution in [0.4, 0.5) is 0 Å². The molecule has 0 bridgehead atoms. The Hall–Kier alpha value is -5.55. The second-order valence-corrected chi connectivity index (χ2v) is 15.6. The van der Waals surface area contributed by atoms with Gasteiger partial charge in [-0.15, -0.1) is 0 Å². The van der Waals surface area contributed by atoms with Crippen molar-refractivity contribution in [1.29, 1.82) is 0 Å². The van der Waals surface area contributed by atoms with E-state index in [1.54, 1.807) is 0 Å². The fourth-order valence-corrected chi connectivity index (χ4v) is 7.42. The first kappa shape index (κ1) is 48.4. The fourth-order valence-electron chi connectivity index (χ4n) is 7.42. The predicted octanol–water partition coefficient (Wildman–Crippen LogP) is -3.23. The first-order chi connectivity index (χ1) is 31.4. The molecule has 3 saturated heterocycles. The molecule has 3 fully saturated rings. The summed E-state index contributed by atoms with van der Waals surface area (Å²) >= 11 is 0. The second-order valence-electron chi connectivity index (χ2n) is 15.6. The van der Waals surface area contributed by atoms with Crippen molar-refractivity contribution >= 4 is 18.1 Å². The number of fused-ring (bicyclic) bond motifs is 1. The minimum atomic E-state index is -2.08. The highest BCUT2D eigenvalue weighted by Crippen LogP contribution is 2.47. The van der Waals surface area contributed by atoms with Gasteiger partial charge < -0.3 is 114 Å². The molecule has 3 aromatic rings. The maximum Gasteiger partial charge on any atom is 0.330 e. The Bertz CT molecular complexity index is 2250. The van der Waals surface area contributed by atoms with Crippen molar-refractivity contribution in [2.45, 2.75) is 98.2 Å². The van der Waals surface area contributed by atoms with Gasteiger partial charge >= 0.3 is 5.97 Å². The molecule has 0 aromatic heterocycles. The Labute approximate surface area is 372 Å². The van der Waals surface area contributed by atoms with Crippen LogP contribution in [0.2, 0.25) is 0 Å². The number of carbonyl (C=O) groups is 1. The molecule has 24 nitrogen and oxygen atoms in total. The van der Waals surface area contributed by atoms with E-state index in [0.717, 1.165) is 36.4 Å². The molecule has 16 unspecified atom stereocenters. The van der Waals surface area contributed by atoms with Crippen molar-refractivity contribution in [3.63, 3.8) is 0 Å². The van der Waals surface area contributed by atoms with Crippen molar-refractivity contribution in [3.05, 3.63) is 77.1 Å². The summed E-state index contributed by atoms with van der Waals surface area (Å²) in [5, 5.41) is 157. The third-order valence-electron chi connectivity index (χ3n) is 11.1. The van der Waals surface area contributed by atoms with Crippen molar-refractivity contribution in [2.75, 3.05) is 19.8 Å². The van der Waals surface area contributed by atoms with Gasteiger partial charge in [-0.3, -0.25) is 0 Å². The van der Waals surface area contributed by atoms with E-state index in [1.807, 2.05) is 0 Å². The molecule has 0 aliphatic carbocycles. The van der Waals surface area contributed by atoms with Gasteiger partial charge in [-0.2, -0.15) is 0 Å². The first-order valence-corrected chi connectivity index (χ1v) is 20.1. The Morgan fingerprint density at radius 1 is 0.606 bits per heavy atom. The van der Waals surface area contributed by atoms with Crippen LogP contribution in [0.25, 0.3) is 12.2 Å². The SMILES string of the molecule is O=C(C=Cc1ccc(O)c(O)c1)OCC1OC(OC2C(OC3=Cc4c(cc(O)cc4OC4OC(CO)C(O)C(O)C4O)OC3c3ccc(O)c(O)c3)OC(CO)C(O)C2O)C(O)C(O)C1O. The number of hydrogen-bond donors (Lipinski definition) is 15. The summed E-state index contributed by atoms with van der Waals surface area (Å²) in [5.74, 6) is -4.21. The van der Waals surface area contributed by atoms with Gasteiger partial charge in [-0.1, -0.05) is 12.1 Å². The number of phenols is 5. The highest BCUT2D eigenvalue weighted by molar-refractivity contribution is 5.87. The molecule has 360 valence electrons. The van der Waals surface area contributed by atoms with Gasteiger partial charge in [0.15, 0.2) is 41.5 Å². The first-order valence-electron chi connectivity index (χ1n) is 20.1. The van der Waals surface area contributed by atoms with E-state index in [0.29, 0.717) is 5.56 Å². The molecule has 3 aromatic carbocycles. The van der Waals surface area contributed by atoms with Crippen molar-refractivity contribution in [2.24, 2.45) is 0 Å². The maximum absolute atomic E-state index is 12.6. The zero-order valence-corrected chi connectivity index (χ0v) is 34.1. The number of benzene rings is 3. The van der Waals surface area contributed by atoms with Crippen LogP contribution < -0.4 is 9.47 Å². The lowest BCUT2D eigenvalue weighted by atomic mass is 9.97. The highest BCUT2D eigenvalue weighted by Gasteiger charge is 2.52. The molecule has 16 atom stereocenters. The molecule has 4 aliphatic rings. The predicted molar refractivity (Wildman–Crippen MR) is 214 cm³/mol. The normalized spacial score (nSPS) is 34.5. The number of aromatic hydroxyl groups is 5. The van der Waals surface area contributed by atoms with Gasteiger partial charge in [0, 0.05) is 23.8 Å². The summed E-state index contributed by atoms with van der Waals surface area (Å²) < 4.78 is 46.4. The molecule has 0 saturated carbocycles. The molecule has 15 N–H and O–H groups in total. The van der Waals surface area contributed by atoms with Crippen LogP contribution in [0.5, 0.6) is 40.2 Å². The molecule has 0 spiro atoms. The highest BCUT2D eigenvalue weighted by atomic mass is 16.8. The molecule has 4 heterocycles. The summed E-state index contributed by atoms with van der Waals surface area (Å²) in [6.45, 7) is -2.45. The average Bonchev–Trinajstić information content (AvgIpc) is 3.29. The minimum absolute atomic E-state index is 0.0665. The fraction of sp³-hybridized carbons (Fsp3) is 0.452. The quantitative estimate of drug-likeness (QED) is 0.0455. The zero-order valence-electron chi connectivity index (χ0n) is 34.1. The van der Waals surface area contributed by atoms with Crippen LogP contribution in [0.1, 0.15) is 22.8 Å². The average molecular weight is 937 g/mol. The van der Waals surface area contributed by atoms with Gasteiger partial charge in [0.2, 0.25) is 12.6 Å². The molecule has 0 amide bonds. The Balaban J connectivity index is 1.18. The van der Waals surface area contributed by atoms with Crippen LogP contribution in [0.3, 0.4) is 0 Å². The third-order valence-corrected chi connectivity index (χ3v) is 11.1. The van der Waals surface area contributed by atoms with E-state index in [-0.39, 0.29) is 28.4 Å². The summed E-state index contributed by atoms with van der Waals surface area (Å²) in [5.41, 5.74) is 0.307. The van der Waals surface area contributed by atoms with Crippen molar-refractivity contribution in [3.8, 4) is 40.2 Å². The van der Waals surface area contributed by atoms with Gasteiger partial charge in [0.25, 0.3) is 0 Å². The Kier molecular flexibility index (Phi) is 14.8. The molecular weight excluding hydrogens is 888 g/mol. The van der Waals surface area contributed by atoms with Gasteiger partial charge in [-0.05, 0) is 42.0 Å². The topological polar surface area (TPSA) is 394 Å². The third kappa shape index (κ3) is 10.1. The minimum Gasteiger partial charge on any atom is -0.508 e. The number of esters is 1. The standard InChI is InChI=1S/C42H48O24/c43-12-26-30(51)33(54)36(57)40(63-26)61-24-10-17(45)9-23-18(24)11-25(38(60-23)16-3-5-20(47)22(49)8-16)62-42-39(35(56)31(52)27(13-44)64-42)66-41-37(58)34(55)32(53)28(65-41)14-59-29(50)6-2-15-1-4-19(46)21(48)7-15/h1-11,26-28,30-49,51-58H,12-14H2. The van der Waals surface area contributed by atoms with E-state index in [4.69, 9.17) is 37.9 Å². The van der Waals surface area contributed by atoms with E-state index in [1.165, 1.54) is 30.4 Å². The van der Waals surface area contributed by atoms with Gasteiger partial charge in [0.1, 0.15) is 96.8 Å². The number of carbonyl (C=O) groups excluding carboxylic acids is 1. The van der Waals surface area contributed by atoms with Crippen LogP contribution in [0, 0.1) is 0 Å². The number of aliphatic hydroxyl groups excluding tert-OH is 10. The van der Waals surface area contributed by atoms with E-state index in [2.05, 4.69) is 0 Å². The van der Waals surface area contributed by atoms with Crippen LogP contribution >= 0.6 is 0 Å². The Morgan fingerprint density at radius 3 is 1.85 bits per heavy atom. The summed E-state index contributed by atoms with van der Waals surface area (Å²) in [6, 6.07) is 9.40. The largest absolute Gasteiger partial charge is 0.508 e. The Morgan fingerprint density at radius 2 is 1.20 bits per heavy atom. The molecular formula is C42H48O24. The molecule has 66 heavy (non-hydrogen) atoms. The maximum atomic E-state index is 12.6. The number of hydrogen-bond acceptors (Lipinski definition) is 24. The lowest BCUT2D eigenvalue weighted by Crippen LogP contribution is -2.64.